The van der Waals surface area contributed by atoms with E-state index < -0.39 is 4.92 Å². The number of nitro benzene ring substituents is 1. The van der Waals surface area contributed by atoms with Crippen molar-refractivity contribution in [2.45, 2.75) is 26.2 Å². The summed E-state index contributed by atoms with van der Waals surface area (Å²) in [6.45, 7) is 1.93. The van der Waals surface area contributed by atoms with Gasteiger partial charge in [0.25, 0.3) is 5.69 Å². The lowest BCUT2D eigenvalue weighted by Crippen LogP contribution is -2.18. The average Bonchev–Trinajstić information content (AvgIpc) is 2.37. The molecular weight excluding hydrogens is 310 g/mol. The number of nitrogens with zero attached hydrogens (tertiary/aromatic N) is 1. The Bertz CT molecular complexity index is 566. The van der Waals surface area contributed by atoms with Crippen LogP contribution in [-0.2, 0) is 4.79 Å². The van der Waals surface area contributed by atoms with Gasteiger partial charge >= 0.3 is 0 Å². The van der Waals surface area contributed by atoms with Crippen molar-refractivity contribution in [3.05, 3.63) is 43.9 Å². The van der Waals surface area contributed by atoms with E-state index in [0.717, 1.165) is 24.8 Å². The highest BCUT2D eigenvalue weighted by Gasteiger charge is 2.22. The molecule has 0 heterocycles. The summed E-state index contributed by atoms with van der Waals surface area (Å²) in [5.74, 6) is 0.224. The molecule has 1 saturated carbocycles. The van der Waals surface area contributed by atoms with Gasteiger partial charge in [-0.3, -0.25) is 14.9 Å². The van der Waals surface area contributed by atoms with Gasteiger partial charge in [-0.15, -0.1) is 0 Å². The highest BCUT2D eigenvalue weighted by atomic mass is 79.9. The minimum absolute atomic E-state index is 0.0191. The van der Waals surface area contributed by atoms with Crippen molar-refractivity contribution in [1.29, 1.82) is 0 Å². The summed E-state index contributed by atoms with van der Waals surface area (Å²) in [6, 6.07) is 4.90. The molecule has 4 nitrogen and oxygen atoms in total. The molecule has 0 amide bonds. The lowest BCUT2D eigenvalue weighted by Gasteiger charge is -2.19. The predicted molar refractivity (Wildman–Crippen MR) is 76.8 cm³/mol. The molecule has 0 bridgehead atoms. The molecule has 100 valence electrons. The van der Waals surface area contributed by atoms with Gasteiger partial charge in [-0.2, -0.15) is 0 Å². The topological polar surface area (TPSA) is 60.2 Å². The highest BCUT2D eigenvalue weighted by Crippen LogP contribution is 2.29. The fourth-order valence-corrected chi connectivity index (χ4v) is 2.66. The van der Waals surface area contributed by atoms with E-state index in [9.17, 15) is 14.9 Å². The largest absolute Gasteiger partial charge is 0.294 e. The molecule has 0 radical (unpaired) electrons. The van der Waals surface area contributed by atoms with Crippen molar-refractivity contribution in [2.75, 3.05) is 0 Å². The molecular formula is C14H14BrNO3. The van der Waals surface area contributed by atoms with Gasteiger partial charge in [-0.1, -0.05) is 13.0 Å². The fourth-order valence-electron chi connectivity index (χ4n) is 2.27. The van der Waals surface area contributed by atoms with E-state index in [0.29, 0.717) is 10.0 Å². The first-order valence-electron chi connectivity index (χ1n) is 6.18. The number of carbonyl (C=O) groups is 1. The number of carbonyl (C=O) groups excluding carboxylic acids is 1. The van der Waals surface area contributed by atoms with Gasteiger partial charge in [0, 0.05) is 12.0 Å². The molecule has 1 aliphatic carbocycles. The van der Waals surface area contributed by atoms with E-state index in [1.165, 1.54) is 6.07 Å². The molecule has 2 rings (SSSR count). The Balaban J connectivity index is 2.35. The Hall–Kier alpha value is -1.49. The number of allylic oxidation sites excluding steroid dienone is 1. The first-order valence-corrected chi connectivity index (χ1v) is 6.97. The molecule has 0 spiro atoms. The monoisotopic (exact) mass is 323 g/mol. The smallest absolute Gasteiger partial charge is 0.284 e. The van der Waals surface area contributed by atoms with Crippen LogP contribution in [0.4, 0.5) is 5.69 Å². The summed E-state index contributed by atoms with van der Waals surface area (Å²) in [6.07, 6.45) is 4.46. The molecule has 0 saturated heterocycles. The van der Waals surface area contributed by atoms with Crippen LogP contribution in [0.1, 0.15) is 31.7 Å². The maximum atomic E-state index is 12.0. The molecule has 1 aromatic rings. The molecule has 1 atom stereocenters. The first-order chi connectivity index (χ1) is 8.99. The van der Waals surface area contributed by atoms with Crippen molar-refractivity contribution in [2.24, 2.45) is 5.92 Å². The van der Waals surface area contributed by atoms with Crippen molar-refractivity contribution >= 4 is 33.5 Å². The van der Waals surface area contributed by atoms with Crippen LogP contribution in [-0.4, -0.2) is 10.7 Å². The molecule has 19 heavy (non-hydrogen) atoms. The third kappa shape index (κ3) is 3.10. The highest BCUT2D eigenvalue weighted by molar-refractivity contribution is 9.10. The van der Waals surface area contributed by atoms with E-state index in [1.54, 1.807) is 18.2 Å². The maximum Gasteiger partial charge on any atom is 0.284 e. The number of halogens is 1. The van der Waals surface area contributed by atoms with Crippen LogP contribution in [0.25, 0.3) is 6.08 Å². The zero-order valence-electron chi connectivity index (χ0n) is 10.6. The molecule has 1 fully saturated rings. The number of ketones is 1. The van der Waals surface area contributed by atoms with Crippen LogP contribution in [0.15, 0.2) is 28.2 Å². The summed E-state index contributed by atoms with van der Waals surface area (Å²) in [4.78, 5) is 22.4. The van der Waals surface area contributed by atoms with E-state index >= 15 is 0 Å². The first kappa shape index (κ1) is 13.9. The minimum Gasteiger partial charge on any atom is -0.294 e. The normalized spacial score (nSPS) is 21.7. The standard InChI is InChI=1S/C14H14BrNO3/c1-9-3-2-4-11(14(9)17)7-10-5-6-12(15)13(8-10)16(18)19/h5-9H,2-4H2,1H3/b11-7+/t9-/m0/s1. The van der Waals surface area contributed by atoms with Crippen LogP contribution >= 0.6 is 15.9 Å². The number of nitro groups is 1. The zero-order valence-corrected chi connectivity index (χ0v) is 12.1. The second kappa shape index (κ2) is 5.65. The summed E-state index contributed by atoms with van der Waals surface area (Å²) in [5.41, 5.74) is 1.49. The van der Waals surface area contributed by atoms with Crippen LogP contribution in [0.3, 0.4) is 0 Å². The predicted octanol–water partition coefficient (Wildman–Crippen LogP) is 4.13. The quantitative estimate of drug-likeness (QED) is 0.467. The molecule has 1 aliphatic rings. The van der Waals surface area contributed by atoms with Crippen LogP contribution in [0.2, 0.25) is 0 Å². The van der Waals surface area contributed by atoms with Crippen LogP contribution < -0.4 is 0 Å². The van der Waals surface area contributed by atoms with Gasteiger partial charge in [0.1, 0.15) is 0 Å². The van der Waals surface area contributed by atoms with Gasteiger partial charge in [-0.25, -0.2) is 0 Å². The minimum atomic E-state index is -0.433. The lowest BCUT2D eigenvalue weighted by molar-refractivity contribution is -0.385. The Kier molecular flexibility index (Phi) is 4.14. The Morgan fingerprint density at radius 3 is 2.89 bits per heavy atom. The number of rotatable bonds is 2. The average molecular weight is 324 g/mol. The molecule has 0 unspecified atom stereocenters. The number of Topliss-reactive ketones (excluding diaryl/α,β-unsaturated/α-hetero) is 1. The molecule has 0 aromatic heterocycles. The lowest BCUT2D eigenvalue weighted by atomic mass is 9.84. The van der Waals surface area contributed by atoms with E-state index in [-0.39, 0.29) is 17.4 Å². The summed E-state index contributed by atoms with van der Waals surface area (Å²) in [5, 5.41) is 10.9. The van der Waals surface area contributed by atoms with Gasteiger partial charge < -0.3 is 0 Å². The number of benzene rings is 1. The van der Waals surface area contributed by atoms with E-state index in [1.807, 2.05) is 6.92 Å². The Morgan fingerprint density at radius 2 is 2.21 bits per heavy atom. The SMILES string of the molecule is C[C@H]1CCC/C(=C\c2ccc(Br)c([N+](=O)[O-])c2)C1=O. The van der Waals surface area contributed by atoms with Gasteiger partial charge in [0.05, 0.1) is 9.40 Å². The molecule has 0 N–H and O–H groups in total. The van der Waals surface area contributed by atoms with E-state index in [2.05, 4.69) is 15.9 Å². The van der Waals surface area contributed by atoms with Crippen molar-refractivity contribution < 1.29 is 9.72 Å². The van der Waals surface area contributed by atoms with Crippen LogP contribution in [0, 0.1) is 16.0 Å². The molecule has 5 heteroatoms. The molecule has 0 aliphatic heterocycles. The third-order valence-electron chi connectivity index (χ3n) is 3.36. The Labute approximate surface area is 119 Å². The number of hydrogen-bond donors (Lipinski definition) is 0. The van der Waals surface area contributed by atoms with Gasteiger partial charge in [-0.05, 0) is 58.5 Å². The third-order valence-corrected chi connectivity index (χ3v) is 4.03. The summed E-state index contributed by atoms with van der Waals surface area (Å²) >= 11 is 3.15. The van der Waals surface area contributed by atoms with Crippen molar-refractivity contribution in [3.8, 4) is 0 Å². The van der Waals surface area contributed by atoms with Crippen LogP contribution in [0.5, 0.6) is 0 Å². The van der Waals surface area contributed by atoms with Gasteiger partial charge in [0.15, 0.2) is 5.78 Å². The van der Waals surface area contributed by atoms with E-state index in [4.69, 9.17) is 0 Å². The number of hydrogen-bond acceptors (Lipinski definition) is 3. The fraction of sp³-hybridized carbons (Fsp3) is 0.357. The Morgan fingerprint density at radius 1 is 1.47 bits per heavy atom. The summed E-state index contributed by atoms with van der Waals surface area (Å²) in [7, 11) is 0. The molecule has 1 aromatic carbocycles. The second-order valence-electron chi connectivity index (χ2n) is 4.80. The maximum absolute atomic E-state index is 12.0. The van der Waals surface area contributed by atoms with Gasteiger partial charge in [0.2, 0.25) is 0 Å². The van der Waals surface area contributed by atoms with Crippen molar-refractivity contribution in [1.82, 2.24) is 0 Å². The second-order valence-corrected chi connectivity index (χ2v) is 5.65. The zero-order chi connectivity index (χ0) is 14.0. The summed E-state index contributed by atoms with van der Waals surface area (Å²) < 4.78 is 0.447. The van der Waals surface area contributed by atoms with Crippen molar-refractivity contribution in [3.63, 3.8) is 0 Å².